The Hall–Kier alpha value is -0.950. The fourth-order valence-electron chi connectivity index (χ4n) is 0.900. The fraction of sp³-hybridized carbons (Fsp3) is 0.429. The number of aliphatic hydroxyl groups is 3. The van der Waals surface area contributed by atoms with Crippen LogP contribution >= 0.6 is 11.6 Å². The number of nitrogens with two attached hydrogens (primary N) is 1. The van der Waals surface area contributed by atoms with Crippen molar-refractivity contribution in [2.24, 2.45) is 0 Å². The van der Waals surface area contributed by atoms with Gasteiger partial charge >= 0.3 is 0 Å². The lowest BCUT2D eigenvalue weighted by Gasteiger charge is -2.15. The van der Waals surface area contributed by atoms with Gasteiger partial charge in [-0.2, -0.15) is 0 Å². The number of aromatic nitrogens is 2. The van der Waals surface area contributed by atoms with Crippen LogP contribution in [0, 0.1) is 0 Å². The van der Waals surface area contributed by atoms with Crippen LogP contribution in [-0.2, 0) is 0 Å². The van der Waals surface area contributed by atoms with E-state index in [-0.39, 0.29) is 16.7 Å². The average molecular weight is 220 g/mol. The Balaban J connectivity index is 2.95. The van der Waals surface area contributed by atoms with Crippen LogP contribution in [0.1, 0.15) is 11.8 Å². The lowest BCUT2D eigenvalue weighted by atomic mass is 10.1. The molecule has 0 amide bonds. The van der Waals surface area contributed by atoms with Gasteiger partial charge in [-0.05, 0) is 0 Å². The monoisotopic (exact) mass is 219 g/mol. The Morgan fingerprint density at radius 1 is 1.50 bits per heavy atom. The number of nitrogen functional groups attached to an aromatic ring is 1. The van der Waals surface area contributed by atoms with Crippen molar-refractivity contribution in [3.05, 3.63) is 17.0 Å². The summed E-state index contributed by atoms with van der Waals surface area (Å²) in [5, 5.41) is 27.2. The van der Waals surface area contributed by atoms with Gasteiger partial charge in [-0.15, -0.1) is 0 Å². The Bertz CT molecular complexity index is 323. The maximum Gasteiger partial charge on any atom is 0.149 e. The first-order valence-corrected chi connectivity index (χ1v) is 4.19. The molecule has 0 aliphatic heterocycles. The molecule has 14 heavy (non-hydrogen) atoms. The highest BCUT2D eigenvalue weighted by atomic mass is 35.5. The van der Waals surface area contributed by atoms with Crippen molar-refractivity contribution in [2.45, 2.75) is 12.2 Å². The van der Waals surface area contributed by atoms with Crippen molar-refractivity contribution in [3.63, 3.8) is 0 Å². The van der Waals surface area contributed by atoms with Gasteiger partial charge in [0.1, 0.15) is 28.9 Å². The first-order valence-electron chi connectivity index (χ1n) is 3.81. The highest BCUT2D eigenvalue weighted by Crippen LogP contribution is 2.20. The van der Waals surface area contributed by atoms with Gasteiger partial charge in [0.2, 0.25) is 0 Å². The van der Waals surface area contributed by atoms with Crippen molar-refractivity contribution >= 4 is 17.4 Å². The zero-order valence-electron chi connectivity index (χ0n) is 7.13. The maximum atomic E-state index is 9.43. The molecule has 78 valence electrons. The van der Waals surface area contributed by atoms with E-state index in [1.54, 1.807) is 0 Å². The number of halogens is 1. The molecule has 0 aliphatic rings. The molecule has 0 bridgehead atoms. The molecule has 0 saturated heterocycles. The van der Waals surface area contributed by atoms with Gasteiger partial charge < -0.3 is 21.1 Å². The number of anilines is 1. The molecule has 0 fully saturated rings. The summed E-state index contributed by atoms with van der Waals surface area (Å²) in [7, 11) is 0. The van der Waals surface area contributed by atoms with Crippen LogP contribution in [-0.4, -0.2) is 38.0 Å². The van der Waals surface area contributed by atoms with Crippen LogP contribution in [0.2, 0.25) is 5.15 Å². The number of rotatable bonds is 3. The van der Waals surface area contributed by atoms with E-state index < -0.39 is 18.8 Å². The molecule has 1 heterocycles. The molecular formula is C7H10ClN3O3. The largest absolute Gasteiger partial charge is 0.394 e. The van der Waals surface area contributed by atoms with Gasteiger partial charge in [-0.25, -0.2) is 4.98 Å². The summed E-state index contributed by atoms with van der Waals surface area (Å²) in [5.74, 6) is -0.0718. The van der Waals surface area contributed by atoms with Gasteiger partial charge in [-0.3, -0.25) is 4.98 Å². The zero-order valence-corrected chi connectivity index (χ0v) is 7.89. The van der Waals surface area contributed by atoms with Crippen LogP contribution in [0.3, 0.4) is 0 Å². The average Bonchev–Trinajstić information content (AvgIpc) is 2.15. The van der Waals surface area contributed by atoms with Crippen LogP contribution in [0.4, 0.5) is 5.82 Å². The van der Waals surface area contributed by atoms with E-state index in [4.69, 9.17) is 27.5 Å². The van der Waals surface area contributed by atoms with Crippen molar-refractivity contribution in [1.29, 1.82) is 0 Å². The van der Waals surface area contributed by atoms with Crippen LogP contribution in [0.25, 0.3) is 0 Å². The molecule has 0 saturated carbocycles. The summed E-state index contributed by atoms with van der Waals surface area (Å²) < 4.78 is 0. The van der Waals surface area contributed by atoms with E-state index in [1.807, 2.05) is 0 Å². The summed E-state index contributed by atoms with van der Waals surface area (Å²) in [6.07, 6.45) is -1.52. The third-order valence-electron chi connectivity index (χ3n) is 1.63. The summed E-state index contributed by atoms with van der Waals surface area (Å²) in [4.78, 5) is 7.35. The number of hydrogen-bond acceptors (Lipinski definition) is 6. The van der Waals surface area contributed by atoms with Gasteiger partial charge in [0, 0.05) is 0 Å². The molecule has 0 aromatic carbocycles. The predicted molar refractivity (Wildman–Crippen MR) is 49.5 cm³/mol. The summed E-state index contributed by atoms with van der Waals surface area (Å²) in [5.41, 5.74) is 5.40. The highest BCUT2D eigenvalue weighted by molar-refractivity contribution is 6.29. The highest BCUT2D eigenvalue weighted by Gasteiger charge is 2.21. The molecule has 2 atom stereocenters. The Morgan fingerprint density at radius 2 is 2.14 bits per heavy atom. The standard InChI is InChI=1S/C7H10ClN3O3/c8-4-1-10-5(7(9)11-4)6(14)3(13)2-12/h1,3,6,12-14H,2H2,(H2,9,11). The lowest BCUT2D eigenvalue weighted by molar-refractivity contribution is -0.0170. The first-order chi connectivity index (χ1) is 6.56. The third-order valence-corrected chi connectivity index (χ3v) is 1.81. The normalized spacial score (nSPS) is 15.1. The van der Waals surface area contributed by atoms with Crippen LogP contribution in [0.15, 0.2) is 6.20 Å². The van der Waals surface area contributed by atoms with E-state index >= 15 is 0 Å². The van der Waals surface area contributed by atoms with Gasteiger partial charge in [-0.1, -0.05) is 11.6 Å². The van der Waals surface area contributed by atoms with Gasteiger partial charge in [0.05, 0.1) is 12.8 Å². The van der Waals surface area contributed by atoms with Gasteiger partial charge in [0.25, 0.3) is 0 Å². The number of nitrogens with zero attached hydrogens (tertiary/aromatic N) is 2. The van der Waals surface area contributed by atoms with Crippen molar-refractivity contribution in [2.75, 3.05) is 12.3 Å². The van der Waals surface area contributed by atoms with E-state index in [1.165, 1.54) is 6.20 Å². The minimum absolute atomic E-state index is 0.00375. The molecule has 0 radical (unpaired) electrons. The Labute approximate surface area is 85.0 Å². The maximum absolute atomic E-state index is 9.43. The predicted octanol–water partition coefficient (Wildman–Crippen LogP) is -0.901. The molecule has 0 aliphatic carbocycles. The second kappa shape index (κ2) is 4.52. The molecule has 1 aromatic heterocycles. The lowest BCUT2D eigenvalue weighted by Crippen LogP contribution is -2.24. The number of aliphatic hydroxyl groups excluding tert-OH is 3. The van der Waals surface area contributed by atoms with Crippen LogP contribution < -0.4 is 5.73 Å². The van der Waals surface area contributed by atoms with Crippen molar-refractivity contribution < 1.29 is 15.3 Å². The second-order valence-electron chi connectivity index (χ2n) is 2.66. The Morgan fingerprint density at radius 3 is 2.64 bits per heavy atom. The zero-order chi connectivity index (χ0) is 10.7. The smallest absolute Gasteiger partial charge is 0.149 e. The third kappa shape index (κ3) is 2.30. The van der Waals surface area contributed by atoms with Crippen molar-refractivity contribution in [3.8, 4) is 0 Å². The molecule has 6 nitrogen and oxygen atoms in total. The topological polar surface area (TPSA) is 112 Å². The minimum atomic E-state index is -1.37. The van der Waals surface area contributed by atoms with E-state index in [0.29, 0.717) is 0 Å². The molecule has 2 unspecified atom stereocenters. The molecule has 0 spiro atoms. The Kier molecular flexibility index (Phi) is 3.59. The fourth-order valence-corrected chi connectivity index (χ4v) is 1.04. The quantitative estimate of drug-likeness (QED) is 0.524. The van der Waals surface area contributed by atoms with Crippen molar-refractivity contribution in [1.82, 2.24) is 9.97 Å². The van der Waals surface area contributed by atoms with Gasteiger partial charge in [0.15, 0.2) is 0 Å². The molecule has 7 heteroatoms. The number of hydrogen-bond donors (Lipinski definition) is 4. The molecule has 5 N–H and O–H groups in total. The summed E-state index contributed by atoms with van der Waals surface area (Å²) in [6, 6.07) is 0. The SMILES string of the molecule is Nc1nc(Cl)cnc1C(O)C(O)CO. The molecule has 1 rings (SSSR count). The van der Waals surface area contributed by atoms with E-state index in [2.05, 4.69) is 9.97 Å². The molecule has 1 aromatic rings. The van der Waals surface area contributed by atoms with E-state index in [0.717, 1.165) is 0 Å². The minimum Gasteiger partial charge on any atom is -0.394 e. The van der Waals surface area contributed by atoms with Crippen LogP contribution in [0.5, 0.6) is 0 Å². The first kappa shape index (κ1) is 11.1. The molecular weight excluding hydrogens is 210 g/mol. The second-order valence-corrected chi connectivity index (χ2v) is 3.05. The van der Waals surface area contributed by atoms with E-state index in [9.17, 15) is 5.11 Å². The summed E-state index contributed by atoms with van der Waals surface area (Å²) in [6.45, 7) is -0.592. The summed E-state index contributed by atoms with van der Waals surface area (Å²) >= 11 is 5.49.